The van der Waals surface area contributed by atoms with Crippen LogP contribution in [-0.2, 0) is 45.1 Å². The van der Waals surface area contributed by atoms with Crippen LogP contribution in [0.1, 0.15) is 0 Å². The second-order valence-electron chi connectivity index (χ2n) is 0.761. The molecule has 2 N–H and O–H groups in total. The Balaban J connectivity index is 3.49. The quantitative estimate of drug-likeness (QED) is 0.420. The molecule has 0 heterocycles. The summed E-state index contributed by atoms with van der Waals surface area (Å²) >= 11 is -5.28. The van der Waals surface area contributed by atoms with Crippen molar-refractivity contribution in [3.8, 4) is 0 Å². The minimum Gasteiger partial charge on any atom is -0.220 e. The Hall–Kier alpha value is 0.0200. The third-order valence-corrected chi connectivity index (χ3v) is 1.52. The molecular formula is H2O9S2. The highest BCUT2D eigenvalue weighted by Crippen LogP contribution is 1.95. The van der Waals surface area contributed by atoms with Crippen LogP contribution in [0, 0.1) is 0 Å². The van der Waals surface area contributed by atoms with Crippen LogP contribution in [-0.4, -0.2) is 18.9 Å². The monoisotopic (exact) mass is 210 g/mol. The fourth-order valence-electron chi connectivity index (χ4n) is 0.118. The zero-order valence-electron chi connectivity index (χ0n) is 4.57. The highest BCUT2D eigenvalue weighted by Gasteiger charge is 2.10. The standard InChI is InChI=1S/H2O9S2/c1-5-7-10(3)9-11(4)8-6-2/h1-2H. The number of hydrogen-bond donors (Lipinski definition) is 2. The Morgan fingerprint density at radius 2 is 1.27 bits per heavy atom. The van der Waals surface area contributed by atoms with Crippen LogP contribution in [0.4, 0.5) is 0 Å². The smallest absolute Gasteiger partial charge is 0.220 e. The van der Waals surface area contributed by atoms with Crippen molar-refractivity contribution in [2.45, 2.75) is 0 Å². The van der Waals surface area contributed by atoms with Gasteiger partial charge >= 0.3 is 22.7 Å². The van der Waals surface area contributed by atoms with E-state index in [1.165, 1.54) is 0 Å². The first-order chi connectivity index (χ1) is 5.20. The zero-order chi connectivity index (χ0) is 8.69. The molecule has 0 aromatic heterocycles. The van der Waals surface area contributed by atoms with E-state index >= 15 is 0 Å². The van der Waals surface area contributed by atoms with E-state index in [1.54, 1.807) is 0 Å². The molecule has 9 nitrogen and oxygen atoms in total. The van der Waals surface area contributed by atoms with Crippen LogP contribution >= 0.6 is 0 Å². The van der Waals surface area contributed by atoms with Gasteiger partial charge in [0.05, 0.1) is 0 Å². The molecule has 0 saturated carbocycles. The molecule has 0 aliphatic heterocycles. The van der Waals surface area contributed by atoms with E-state index in [0.29, 0.717) is 0 Å². The van der Waals surface area contributed by atoms with E-state index < -0.39 is 22.7 Å². The van der Waals surface area contributed by atoms with Crippen molar-refractivity contribution in [2.24, 2.45) is 0 Å². The van der Waals surface area contributed by atoms with Crippen LogP contribution < -0.4 is 0 Å². The second kappa shape index (κ2) is 6.71. The van der Waals surface area contributed by atoms with Crippen molar-refractivity contribution in [1.29, 1.82) is 0 Å². The van der Waals surface area contributed by atoms with Crippen molar-refractivity contribution in [2.75, 3.05) is 0 Å². The largest absolute Gasteiger partial charge is 0.351 e. The normalized spacial score (nSPS) is 16.2. The molecule has 0 aromatic carbocycles. The minimum atomic E-state index is -2.64. The summed E-state index contributed by atoms with van der Waals surface area (Å²) in [5, 5.41) is 20.7. The van der Waals surface area contributed by atoms with Crippen molar-refractivity contribution in [3.05, 3.63) is 0 Å². The predicted octanol–water partition coefficient (Wildman–Crippen LogP) is -0.997. The van der Waals surface area contributed by atoms with Crippen molar-refractivity contribution in [3.63, 3.8) is 0 Å². The molecule has 11 heavy (non-hydrogen) atoms. The van der Waals surface area contributed by atoms with E-state index in [4.69, 9.17) is 10.5 Å². The van der Waals surface area contributed by atoms with Crippen LogP contribution in [0.5, 0.6) is 0 Å². The molecule has 0 aliphatic rings. The minimum absolute atomic E-state index is 2.64. The maximum atomic E-state index is 10.1. The molecule has 0 rings (SSSR count). The van der Waals surface area contributed by atoms with Gasteiger partial charge in [-0.25, -0.2) is 10.5 Å². The molecule has 0 aliphatic carbocycles. The molecule has 0 aromatic rings. The lowest BCUT2D eigenvalue weighted by Gasteiger charge is -1.94. The van der Waals surface area contributed by atoms with Gasteiger partial charge in [0, 0.05) is 0 Å². The second-order valence-corrected chi connectivity index (χ2v) is 2.39. The van der Waals surface area contributed by atoms with E-state index in [-0.39, 0.29) is 0 Å². The molecule has 0 fully saturated rings. The van der Waals surface area contributed by atoms with Crippen LogP contribution in [0.2, 0.25) is 0 Å². The van der Waals surface area contributed by atoms with E-state index in [2.05, 4.69) is 22.4 Å². The third-order valence-electron chi connectivity index (χ3n) is 0.283. The van der Waals surface area contributed by atoms with Gasteiger partial charge in [0.15, 0.2) is 0 Å². The molecule has 0 unspecified atom stereocenters. The van der Waals surface area contributed by atoms with Gasteiger partial charge in [-0.1, -0.05) is 18.7 Å². The summed E-state index contributed by atoms with van der Waals surface area (Å²) in [6.45, 7) is 0. The topological polar surface area (TPSA) is 121 Å². The molecule has 0 radical (unpaired) electrons. The van der Waals surface area contributed by atoms with Crippen LogP contribution in [0.15, 0.2) is 0 Å². The Bertz CT molecular complexity index is 122. The third kappa shape index (κ3) is 6.42. The first kappa shape index (κ1) is 11.0. The molecule has 0 atom stereocenters. The SMILES string of the molecule is O=S(OOO)OS(=O)OOO. The molecule has 0 bridgehead atoms. The van der Waals surface area contributed by atoms with Gasteiger partial charge in [-0.3, -0.25) is 0 Å². The highest BCUT2D eigenvalue weighted by molar-refractivity contribution is 7.88. The summed E-state index contributed by atoms with van der Waals surface area (Å²) in [6, 6.07) is 0. The molecule has 11 heteroatoms. The molecule has 68 valence electrons. The Morgan fingerprint density at radius 1 is 0.909 bits per heavy atom. The molecule has 0 saturated heterocycles. The summed E-state index contributed by atoms with van der Waals surface area (Å²) in [5.41, 5.74) is 0. The zero-order valence-corrected chi connectivity index (χ0v) is 6.20. The first-order valence-electron chi connectivity index (χ1n) is 1.70. The Morgan fingerprint density at radius 3 is 1.55 bits per heavy atom. The lowest BCUT2D eigenvalue weighted by atomic mass is 14.6. The van der Waals surface area contributed by atoms with Crippen LogP contribution in [0.25, 0.3) is 0 Å². The fraction of sp³-hybridized carbons (Fsp3) is 0. The average Bonchev–Trinajstić information content (AvgIpc) is 1.87. The summed E-state index contributed by atoms with van der Waals surface area (Å²) in [5.74, 6) is 0. The van der Waals surface area contributed by atoms with E-state index in [1.807, 2.05) is 0 Å². The number of rotatable bonds is 6. The summed E-state index contributed by atoms with van der Waals surface area (Å²) in [7, 11) is 0. The molecule has 0 amide bonds. The van der Waals surface area contributed by atoms with E-state index in [0.717, 1.165) is 0 Å². The van der Waals surface area contributed by atoms with Gasteiger partial charge in [-0.05, 0) is 0 Å². The van der Waals surface area contributed by atoms with Crippen molar-refractivity contribution >= 4 is 22.7 Å². The van der Waals surface area contributed by atoms with Crippen molar-refractivity contribution in [1.82, 2.24) is 0 Å². The molecule has 0 spiro atoms. The summed E-state index contributed by atoms with van der Waals surface area (Å²) < 4.78 is 30.6. The van der Waals surface area contributed by atoms with Gasteiger partial charge in [-0.2, -0.15) is 8.42 Å². The highest BCUT2D eigenvalue weighted by atomic mass is 32.3. The van der Waals surface area contributed by atoms with Gasteiger partial charge < -0.3 is 0 Å². The average molecular weight is 210 g/mol. The predicted molar refractivity (Wildman–Crippen MR) is 27.0 cm³/mol. The number of hydrogen-bond acceptors (Lipinski definition) is 9. The van der Waals surface area contributed by atoms with Crippen LogP contribution in [0.3, 0.4) is 0 Å². The molecular weight excluding hydrogens is 208 g/mol. The lowest BCUT2D eigenvalue weighted by molar-refractivity contribution is -0.440. The fourth-order valence-corrected chi connectivity index (χ4v) is 0.761. The first-order valence-corrected chi connectivity index (χ1v) is 3.70. The maximum absolute atomic E-state index is 10.1. The van der Waals surface area contributed by atoms with Gasteiger partial charge in [0.1, 0.15) is 0 Å². The van der Waals surface area contributed by atoms with Gasteiger partial charge in [0.2, 0.25) is 0 Å². The lowest BCUT2D eigenvalue weighted by Crippen LogP contribution is -2.06. The Labute approximate surface area is 64.8 Å². The summed E-state index contributed by atoms with van der Waals surface area (Å²) in [6.07, 6.45) is 0. The summed E-state index contributed by atoms with van der Waals surface area (Å²) in [4.78, 5) is 0. The Kier molecular flexibility index (Phi) is 6.73. The maximum Gasteiger partial charge on any atom is 0.351 e. The van der Waals surface area contributed by atoms with E-state index in [9.17, 15) is 8.42 Å². The van der Waals surface area contributed by atoms with Crippen molar-refractivity contribution < 1.29 is 41.3 Å². The van der Waals surface area contributed by atoms with Gasteiger partial charge in [-0.15, -0.1) is 3.63 Å². The van der Waals surface area contributed by atoms with Gasteiger partial charge in [0.25, 0.3) is 0 Å².